The number of aromatic nitrogens is 1. The summed E-state index contributed by atoms with van der Waals surface area (Å²) in [5.41, 5.74) is 1.77. The van der Waals surface area contributed by atoms with Crippen molar-refractivity contribution in [2.45, 2.75) is 6.61 Å². The van der Waals surface area contributed by atoms with E-state index in [4.69, 9.17) is 9.84 Å². The lowest BCUT2D eigenvalue weighted by atomic mass is 10.2. The van der Waals surface area contributed by atoms with Gasteiger partial charge in [0.25, 0.3) is 0 Å². The molecule has 1 aliphatic rings. The van der Waals surface area contributed by atoms with E-state index in [1.165, 1.54) is 0 Å². The number of rotatable bonds is 2. The number of ether oxygens (including phenoxy) is 1. The van der Waals surface area contributed by atoms with Gasteiger partial charge in [0.1, 0.15) is 0 Å². The third-order valence-corrected chi connectivity index (χ3v) is 2.37. The second-order valence-corrected chi connectivity index (χ2v) is 3.23. The fourth-order valence-electron chi connectivity index (χ4n) is 1.64. The van der Waals surface area contributed by atoms with Crippen molar-refractivity contribution in [3.05, 3.63) is 24.0 Å². The molecule has 0 amide bonds. The average molecular weight is 194 g/mol. The standard InChI is InChI=1S/C10H14N2O2/c13-8-9-10(2-1-3-11-9)12-4-6-14-7-5-12/h1-3,13H,4-8H2. The van der Waals surface area contributed by atoms with Gasteiger partial charge in [-0.05, 0) is 12.1 Å². The van der Waals surface area contributed by atoms with Crippen LogP contribution in [0.2, 0.25) is 0 Å². The molecule has 0 radical (unpaired) electrons. The van der Waals surface area contributed by atoms with Gasteiger partial charge in [-0.15, -0.1) is 0 Å². The minimum Gasteiger partial charge on any atom is -0.390 e. The first-order chi connectivity index (χ1) is 6.92. The molecule has 0 bridgehead atoms. The fraction of sp³-hybridized carbons (Fsp3) is 0.500. The van der Waals surface area contributed by atoms with Crippen molar-refractivity contribution in [3.63, 3.8) is 0 Å². The smallest absolute Gasteiger partial charge is 0.0890 e. The molecule has 14 heavy (non-hydrogen) atoms. The summed E-state index contributed by atoms with van der Waals surface area (Å²) < 4.78 is 5.27. The molecule has 0 atom stereocenters. The molecule has 1 fully saturated rings. The molecule has 0 aliphatic carbocycles. The summed E-state index contributed by atoms with van der Waals surface area (Å²) in [5.74, 6) is 0. The van der Waals surface area contributed by atoms with E-state index in [9.17, 15) is 0 Å². The Hall–Kier alpha value is -1.13. The Labute approximate surface area is 83.1 Å². The van der Waals surface area contributed by atoms with Crippen LogP contribution < -0.4 is 4.90 Å². The molecule has 0 unspecified atom stereocenters. The summed E-state index contributed by atoms with van der Waals surface area (Å²) in [6, 6.07) is 3.88. The second-order valence-electron chi connectivity index (χ2n) is 3.23. The van der Waals surface area contributed by atoms with Gasteiger partial charge < -0.3 is 14.7 Å². The quantitative estimate of drug-likeness (QED) is 0.740. The molecule has 1 saturated heterocycles. The lowest BCUT2D eigenvalue weighted by Crippen LogP contribution is -2.36. The van der Waals surface area contributed by atoms with Crippen molar-refractivity contribution in [1.29, 1.82) is 0 Å². The zero-order chi connectivity index (χ0) is 9.80. The molecule has 0 spiro atoms. The first-order valence-corrected chi connectivity index (χ1v) is 4.79. The van der Waals surface area contributed by atoms with Gasteiger partial charge in [-0.1, -0.05) is 0 Å². The molecule has 1 N–H and O–H groups in total. The highest BCUT2D eigenvalue weighted by Crippen LogP contribution is 2.18. The highest BCUT2D eigenvalue weighted by atomic mass is 16.5. The van der Waals surface area contributed by atoms with Crippen LogP contribution in [0.15, 0.2) is 18.3 Å². The van der Waals surface area contributed by atoms with Crippen molar-refractivity contribution >= 4 is 5.69 Å². The Kier molecular flexibility index (Phi) is 2.96. The predicted octanol–water partition coefficient (Wildman–Crippen LogP) is 0.411. The third kappa shape index (κ3) is 1.86. The van der Waals surface area contributed by atoms with Crippen molar-refractivity contribution < 1.29 is 9.84 Å². The van der Waals surface area contributed by atoms with E-state index in [1.807, 2.05) is 12.1 Å². The molecule has 1 aromatic heterocycles. The number of pyridine rings is 1. The van der Waals surface area contributed by atoms with E-state index in [0.717, 1.165) is 37.7 Å². The second kappa shape index (κ2) is 4.39. The number of anilines is 1. The Balaban J connectivity index is 2.20. The summed E-state index contributed by atoms with van der Waals surface area (Å²) in [6.07, 6.45) is 1.70. The van der Waals surface area contributed by atoms with Gasteiger partial charge in [0.2, 0.25) is 0 Å². The van der Waals surface area contributed by atoms with Crippen LogP contribution in [0.3, 0.4) is 0 Å². The molecule has 0 saturated carbocycles. The molecule has 1 aromatic rings. The zero-order valence-corrected chi connectivity index (χ0v) is 8.02. The van der Waals surface area contributed by atoms with Crippen LogP contribution in [0, 0.1) is 0 Å². The minimum absolute atomic E-state index is 0.00642. The van der Waals surface area contributed by atoms with Gasteiger partial charge in [-0.25, -0.2) is 0 Å². The van der Waals surface area contributed by atoms with Gasteiger partial charge >= 0.3 is 0 Å². The van der Waals surface area contributed by atoms with Crippen LogP contribution in [-0.2, 0) is 11.3 Å². The highest BCUT2D eigenvalue weighted by Gasteiger charge is 2.14. The Morgan fingerprint density at radius 2 is 2.21 bits per heavy atom. The van der Waals surface area contributed by atoms with Gasteiger partial charge in [0.15, 0.2) is 0 Å². The maximum absolute atomic E-state index is 9.13. The molecule has 0 aromatic carbocycles. The van der Waals surface area contributed by atoms with E-state index >= 15 is 0 Å². The van der Waals surface area contributed by atoms with E-state index in [1.54, 1.807) is 6.20 Å². The molecule has 2 rings (SSSR count). The van der Waals surface area contributed by atoms with E-state index in [0.29, 0.717) is 0 Å². The van der Waals surface area contributed by atoms with Gasteiger partial charge in [-0.3, -0.25) is 4.98 Å². The van der Waals surface area contributed by atoms with E-state index < -0.39 is 0 Å². The fourth-order valence-corrected chi connectivity index (χ4v) is 1.64. The van der Waals surface area contributed by atoms with E-state index in [-0.39, 0.29) is 6.61 Å². The minimum atomic E-state index is -0.00642. The predicted molar refractivity (Wildman–Crippen MR) is 53.2 cm³/mol. The Bertz CT molecular complexity index is 298. The first-order valence-electron chi connectivity index (χ1n) is 4.79. The molecule has 76 valence electrons. The topological polar surface area (TPSA) is 45.6 Å². The highest BCUT2D eigenvalue weighted by molar-refractivity contribution is 5.50. The normalized spacial score (nSPS) is 17.1. The SMILES string of the molecule is OCc1ncccc1N1CCOCC1. The molecule has 4 nitrogen and oxygen atoms in total. The number of hydrogen-bond donors (Lipinski definition) is 1. The molecular formula is C10H14N2O2. The van der Waals surface area contributed by atoms with Crippen LogP contribution in [0.1, 0.15) is 5.69 Å². The monoisotopic (exact) mass is 194 g/mol. The summed E-state index contributed by atoms with van der Waals surface area (Å²) >= 11 is 0. The number of hydrogen-bond acceptors (Lipinski definition) is 4. The van der Waals surface area contributed by atoms with Crippen LogP contribution in [0.25, 0.3) is 0 Å². The Morgan fingerprint density at radius 3 is 2.93 bits per heavy atom. The summed E-state index contributed by atoms with van der Waals surface area (Å²) in [6.45, 7) is 3.24. The number of nitrogens with zero attached hydrogens (tertiary/aromatic N) is 2. The lowest BCUT2D eigenvalue weighted by Gasteiger charge is -2.29. The van der Waals surface area contributed by atoms with Crippen molar-refractivity contribution in [2.75, 3.05) is 31.2 Å². The molecule has 4 heteroatoms. The molecule has 1 aliphatic heterocycles. The van der Waals surface area contributed by atoms with Crippen molar-refractivity contribution in [1.82, 2.24) is 4.98 Å². The van der Waals surface area contributed by atoms with Gasteiger partial charge in [0, 0.05) is 19.3 Å². The van der Waals surface area contributed by atoms with Crippen LogP contribution in [0.4, 0.5) is 5.69 Å². The summed E-state index contributed by atoms with van der Waals surface area (Å²) in [7, 11) is 0. The maximum atomic E-state index is 9.13. The first kappa shape index (κ1) is 9.43. The average Bonchev–Trinajstić information content (AvgIpc) is 2.30. The zero-order valence-electron chi connectivity index (χ0n) is 8.02. The van der Waals surface area contributed by atoms with Crippen LogP contribution >= 0.6 is 0 Å². The van der Waals surface area contributed by atoms with Gasteiger partial charge in [-0.2, -0.15) is 0 Å². The number of morpholine rings is 1. The van der Waals surface area contributed by atoms with Crippen LogP contribution in [0.5, 0.6) is 0 Å². The molecular weight excluding hydrogens is 180 g/mol. The number of aliphatic hydroxyl groups is 1. The maximum Gasteiger partial charge on any atom is 0.0890 e. The summed E-state index contributed by atoms with van der Waals surface area (Å²) in [4.78, 5) is 6.34. The van der Waals surface area contributed by atoms with Crippen molar-refractivity contribution in [3.8, 4) is 0 Å². The third-order valence-electron chi connectivity index (χ3n) is 2.37. The summed E-state index contributed by atoms with van der Waals surface area (Å²) in [5, 5.41) is 9.13. The van der Waals surface area contributed by atoms with Crippen molar-refractivity contribution in [2.24, 2.45) is 0 Å². The van der Waals surface area contributed by atoms with Crippen LogP contribution in [-0.4, -0.2) is 36.4 Å². The lowest BCUT2D eigenvalue weighted by molar-refractivity contribution is 0.122. The number of aliphatic hydroxyl groups excluding tert-OH is 1. The van der Waals surface area contributed by atoms with Gasteiger partial charge in [0.05, 0.1) is 31.2 Å². The Morgan fingerprint density at radius 1 is 1.43 bits per heavy atom. The molecule has 2 heterocycles. The van der Waals surface area contributed by atoms with E-state index in [2.05, 4.69) is 9.88 Å². The largest absolute Gasteiger partial charge is 0.390 e.